The first-order valence-electron chi connectivity index (χ1n) is 8.46. The van der Waals surface area contributed by atoms with E-state index in [1.807, 2.05) is 10.3 Å². The van der Waals surface area contributed by atoms with Crippen molar-refractivity contribution in [1.29, 1.82) is 0 Å². The van der Waals surface area contributed by atoms with Gasteiger partial charge in [0.05, 0.1) is 6.54 Å². The largest absolute Gasteiger partial charge is 0.425 e. The summed E-state index contributed by atoms with van der Waals surface area (Å²) in [4.78, 5) is 22.2. The van der Waals surface area contributed by atoms with Crippen molar-refractivity contribution in [1.82, 2.24) is 14.5 Å². The summed E-state index contributed by atoms with van der Waals surface area (Å²) >= 11 is 2.27. The van der Waals surface area contributed by atoms with Crippen molar-refractivity contribution < 1.29 is 13.2 Å². The van der Waals surface area contributed by atoms with E-state index in [2.05, 4.69) is 27.5 Å². The third-order valence-electron chi connectivity index (χ3n) is 4.41. The Bertz CT molecular complexity index is 1050. The van der Waals surface area contributed by atoms with Crippen LogP contribution >= 0.6 is 22.7 Å². The molecule has 1 aliphatic rings. The number of anilines is 1. The number of thiophene rings is 2. The summed E-state index contributed by atoms with van der Waals surface area (Å²) < 4.78 is 39.3. The summed E-state index contributed by atoms with van der Waals surface area (Å²) in [5.41, 5.74) is 1.96. The van der Waals surface area contributed by atoms with Gasteiger partial charge in [-0.25, -0.2) is 9.78 Å². The second kappa shape index (κ2) is 7.51. The summed E-state index contributed by atoms with van der Waals surface area (Å²) in [6, 6.07) is 4.47. The van der Waals surface area contributed by atoms with Crippen LogP contribution in [0.25, 0.3) is 5.57 Å². The number of halogens is 3. The van der Waals surface area contributed by atoms with Crippen molar-refractivity contribution in [2.45, 2.75) is 19.1 Å². The predicted molar refractivity (Wildman–Crippen MR) is 104 cm³/mol. The van der Waals surface area contributed by atoms with Crippen molar-refractivity contribution in [3.8, 4) is 0 Å². The van der Waals surface area contributed by atoms with E-state index in [0.717, 1.165) is 12.5 Å². The molecule has 10 heteroatoms. The van der Waals surface area contributed by atoms with Gasteiger partial charge >= 0.3 is 11.9 Å². The zero-order chi connectivity index (χ0) is 19.7. The zero-order valence-electron chi connectivity index (χ0n) is 14.5. The lowest BCUT2D eigenvalue weighted by atomic mass is 10.0. The summed E-state index contributed by atoms with van der Waals surface area (Å²) in [7, 11) is 0. The molecule has 4 rings (SSSR count). The Labute approximate surface area is 166 Å². The summed E-state index contributed by atoms with van der Waals surface area (Å²) in [6.45, 7) is 1.32. The van der Waals surface area contributed by atoms with Gasteiger partial charge in [0.2, 0.25) is 5.95 Å². The third kappa shape index (κ3) is 4.02. The molecule has 5 nitrogen and oxygen atoms in total. The molecule has 0 saturated carbocycles. The first-order valence-corrected chi connectivity index (χ1v) is 10.2. The van der Waals surface area contributed by atoms with Crippen LogP contribution in [0.5, 0.6) is 0 Å². The number of hydrogen-bond acceptors (Lipinski definition) is 6. The molecule has 3 aromatic rings. The lowest BCUT2D eigenvalue weighted by Gasteiger charge is -2.26. The number of aromatic nitrogens is 3. The van der Waals surface area contributed by atoms with Gasteiger partial charge in [-0.1, -0.05) is 6.08 Å². The molecule has 0 N–H and O–H groups in total. The van der Waals surface area contributed by atoms with Crippen LogP contribution in [0, 0.1) is 0 Å². The van der Waals surface area contributed by atoms with Gasteiger partial charge in [-0.3, -0.25) is 4.57 Å². The molecule has 0 fully saturated rings. The van der Waals surface area contributed by atoms with Crippen molar-refractivity contribution in [3.63, 3.8) is 0 Å². The van der Waals surface area contributed by atoms with Crippen molar-refractivity contribution in [2.24, 2.45) is 0 Å². The third-order valence-corrected chi connectivity index (χ3v) is 6.20. The van der Waals surface area contributed by atoms with Crippen LogP contribution in [0.4, 0.5) is 19.1 Å². The fourth-order valence-corrected chi connectivity index (χ4v) is 4.51. The fourth-order valence-electron chi connectivity index (χ4n) is 2.95. The molecule has 0 saturated heterocycles. The van der Waals surface area contributed by atoms with Crippen LogP contribution in [0.3, 0.4) is 0 Å². The molecule has 0 aliphatic carbocycles. The van der Waals surface area contributed by atoms with Crippen LogP contribution in [-0.4, -0.2) is 27.6 Å². The topological polar surface area (TPSA) is 51.0 Å². The summed E-state index contributed by atoms with van der Waals surface area (Å²) in [5, 5.41) is 4.14. The minimum Gasteiger partial charge on any atom is -0.337 e. The van der Waals surface area contributed by atoms with E-state index in [1.54, 1.807) is 11.3 Å². The maximum Gasteiger partial charge on any atom is 0.425 e. The molecule has 3 aromatic heterocycles. The highest BCUT2D eigenvalue weighted by Gasteiger charge is 2.32. The molecule has 0 atom stereocenters. The average Bonchev–Trinajstić information content (AvgIpc) is 3.35. The molecule has 0 radical (unpaired) electrons. The highest BCUT2D eigenvalue weighted by atomic mass is 32.1. The SMILES string of the molecule is O=c1nc(N2CC=C(c3ccsc3)CC2)ncn1Cc1ccc(C(F)(F)F)s1. The van der Waals surface area contributed by atoms with Crippen molar-refractivity contribution in [2.75, 3.05) is 18.0 Å². The monoisotopic (exact) mass is 424 g/mol. The van der Waals surface area contributed by atoms with Crippen molar-refractivity contribution in [3.05, 3.63) is 67.2 Å². The highest BCUT2D eigenvalue weighted by molar-refractivity contribution is 7.12. The lowest BCUT2D eigenvalue weighted by molar-refractivity contribution is -0.134. The molecule has 4 heterocycles. The number of hydrogen-bond donors (Lipinski definition) is 0. The lowest BCUT2D eigenvalue weighted by Crippen LogP contribution is -2.33. The second-order valence-electron chi connectivity index (χ2n) is 6.27. The van der Waals surface area contributed by atoms with Gasteiger partial charge in [0.1, 0.15) is 11.2 Å². The molecule has 28 heavy (non-hydrogen) atoms. The summed E-state index contributed by atoms with van der Waals surface area (Å²) in [5.74, 6) is 0.337. The second-order valence-corrected chi connectivity index (χ2v) is 8.22. The Hall–Kier alpha value is -2.46. The Morgan fingerprint density at radius 3 is 2.68 bits per heavy atom. The number of nitrogens with zero attached hydrogens (tertiary/aromatic N) is 4. The normalized spacial score (nSPS) is 15.0. The Balaban J connectivity index is 1.46. The van der Waals surface area contributed by atoms with Gasteiger partial charge < -0.3 is 4.90 Å². The first-order chi connectivity index (χ1) is 13.4. The Kier molecular flexibility index (Phi) is 5.07. The van der Waals surface area contributed by atoms with Crippen LogP contribution in [0.2, 0.25) is 0 Å². The van der Waals surface area contributed by atoms with E-state index in [1.165, 1.54) is 28.1 Å². The average molecular weight is 424 g/mol. The van der Waals surface area contributed by atoms with E-state index in [4.69, 9.17) is 0 Å². The molecule has 0 bridgehead atoms. The van der Waals surface area contributed by atoms with Crippen LogP contribution in [-0.2, 0) is 12.7 Å². The van der Waals surface area contributed by atoms with Gasteiger partial charge in [-0.05, 0) is 46.5 Å². The maximum absolute atomic E-state index is 12.7. The van der Waals surface area contributed by atoms with Crippen LogP contribution in [0.15, 0.2) is 46.2 Å². The Morgan fingerprint density at radius 1 is 1.21 bits per heavy atom. The maximum atomic E-state index is 12.7. The fraction of sp³-hybridized carbons (Fsp3) is 0.278. The Morgan fingerprint density at radius 2 is 2.07 bits per heavy atom. The number of rotatable bonds is 4. The zero-order valence-corrected chi connectivity index (χ0v) is 16.2. The molecule has 0 spiro atoms. The van der Waals surface area contributed by atoms with Crippen LogP contribution < -0.4 is 10.6 Å². The van der Waals surface area contributed by atoms with Gasteiger partial charge in [0, 0.05) is 18.0 Å². The number of alkyl halides is 3. The first kappa shape index (κ1) is 18.9. The highest BCUT2D eigenvalue weighted by Crippen LogP contribution is 2.34. The van der Waals surface area contributed by atoms with Gasteiger partial charge in [-0.15, -0.1) is 11.3 Å². The van der Waals surface area contributed by atoms with E-state index < -0.39 is 16.7 Å². The van der Waals surface area contributed by atoms with E-state index in [9.17, 15) is 18.0 Å². The van der Waals surface area contributed by atoms with Crippen LogP contribution in [0.1, 0.15) is 21.7 Å². The molecule has 0 amide bonds. The minimum absolute atomic E-state index is 0.0159. The molecule has 1 aliphatic heterocycles. The van der Waals surface area contributed by atoms with Gasteiger partial charge in [-0.2, -0.15) is 29.5 Å². The molecular formula is C18H15F3N4OS2. The molecule has 0 unspecified atom stereocenters. The molecule has 146 valence electrons. The van der Waals surface area contributed by atoms with E-state index in [0.29, 0.717) is 35.3 Å². The molecular weight excluding hydrogens is 409 g/mol. The molecule has 0 aromatic carbocycles. The predicted octanol–water partition coefficient (Wildman–Crippen LogP) is 4.12. The van der Waals surface area contributed by atoms with E-state index in [-0.39, 0.29) is 6.54 Å². The van der Waals surface area contributed by atoms with Gasteiger partial charge in [0.15, 0.2) is 0 Å². The van der Waals surface area contributed by atoms with Gasteiger partial charge in [0.25, 0.3) is 0 Å². The standard InChI is InChI=1S/C18H15F3N4OS2/c19-18(20,21)15-2-1-14(28-15)9-25-11-22-16(23-17(25)26)24-6-3-12(4-7-24)13-5-8-27-10-13/h1-3,5,8,10-11H,4,6-7,9H2. The smallest absolute Gasteiger partial charge is 0.337 e. The summed E-state index contributed by atoms with van der Waals surface area (Å²) in [6.07, 6.45) is -0.100. The van der Waals surface area contributed by atoms with Crippen molar-refractivity contribution >= 4 is 34.2 Å². The quantitative estimate of drug-likeness (QED) is 0.632. The minimum atomic E-state index is -4.38. The van der Waals surface area contributed by atoms with E-state index >= 15 is 0 Å².